The molecular weight excluding hydrogens is 314 g/mol. The van der Waals surface area contributed by atoms with Crippen molar-refractivity contribution in [2.45, 2.75) is 32.9 Å². The van der Waals surface area contributed by atoms with Gasteiger partial charge in [-0.05, 0) is 29.7 Å². The molecule has 0 bridgehead atoms. The molecule has 130 valence electrons. The van der Waals surface area contributed by atoms with Gasteiger partial charge in [-0.3, -0.25) is 14.6 Å². The van der Waals surface area contributed by atoms with Gasteiger partial charge in [0.2, 0.25) is 11.8 Å². The molecule has 3 rings (SSSR count). The number of carbonyl (C=O) groups excluding carboxylic acids is 2. The summed E-state index contributed by atoms with van der Waals surface area (Å²) < 4.78 is 0. The first kappa shape index (κ1) is 17.1. The molecule has 2 aromatic rings. The summed E-state index contributed by atoms with van der Waals surface area (Å²) in [7, 11) is 0. The lowest BCUT2D eigenvalue weighted by atomic mass is 10.00. The Morgan fingerprint density at radius 3 is 2.60 bits per heavy atom. The molecule has 5 heteroatoms. The Kier molecular flexibility index (Phi) is 5.43. The predicted octanol–water partition coefficient (Wildman–Crippen LogP) is 2.41. The summed E-state index contributed by atoms with van der Waals surface area (Å²) in [6.07, 6.45) is 2.95. The molecule has 0 atom stereocenters. The number of nitrogens with zero attached hydrogens (tertiary/aromatic N) is 3. The molecule has 5 nitrogen and oxygen atoms in total. The zero-order chi connectivity index (χ0) is 17.6. The van der Waals surface area contributed by atoms with E-state index < -0.39 is 0 Å². The number of hydrogen-bond acceptors (Lipinski definition) is 3. The highest BCUT2D eigenvalue weighted by Crippen LogP contribution is 2.19. The van der Waals surface area contributed by atoms with Crippen molar-refractivity contribution in [1.82, 2.24) is 14.8 Å². The second kappa shape index (κ2) is 7.92. The Labute approximate surface area is 148 Å². The van der Waals surface area contributed by atoms with Crippen LogP contribution in [0, 0.1) is 0 Å². The van der Waals surface area contributed by atoms with E-state index in [-0.39, 0.29) is 11.8 Å². The fourth-order valence-corrected chi connectivity index (χ4v) is 3.13. The Morgan fingerprint density at radius 1 is 1.12 bits per heavy atom. The van der Waals surface area contributed by atoms with Crippen molar-refractivity contribution >= 4 is 11.8 Å². The highest BCUT2D eigenvalue weighted by molar-refractivity contribution is 5.78. The van der Waals surface area contributed by atoms with E-state index in [9.17, 15) is 9.59 Å². The van der Waals surface area contributed by atoms with E-state index in [0.717, 1.165) is 18.7 Å². The van der Waals surface area contributed by atoms with Gasteiger partial charge in [0.05, 0.1) is 12.2 Å². The predicted molar refractivity (Wildman–Crippen MR) is 95.5 cm³/mol. The average Bonchev–Trinajstić information content (AvgIpc) is 2.65. The minimum atomic E-state index is -0.0394. The van der Waals surface area contributed by atoms with E-state index in [1.54, 1.807) is 11.1 Å². The van der Waals surface area contributed by atoms with Gasteiger partial charge in [-0.2, -0.15) is 0 Å². The lowest BCUT2D eigenvalue weighted by molar-refractivity contribution is -0.134. The molecule has 0 aliphatic carbocycles. The first-order chi connectivity index (χ1) is 12.1. The molecule has 1 aromatic carbocycles. The summed E-state index contributed by atoms with van der Waals surface area (Å²) in [5.74, 6) is 0.0595. The number of rotatable bonds is 5. The van der Waals surface area contributed by atoms with Crippen LogP contribution in [0.5, 0.6) is 0 Å². The fourth-order valence-electron chi connectivity index (χ4n) is 3.13. The van der Waals surface area contributed by atoms with Crippen LogP contribution in [0.1, 0.15) is 30.2 Å². The van der Waals surface area contributed by atoms with Gasteiger partial charge in [-0.25, -0.2) is 0 Å². The van der Waals surface area contributed by atoms with Crippen molar-refractivity contribution in [3.8, 4) is 0 Å². The molecule has 1 aliphatic heterocycles. The van der Waals surface area contributed by atoms with Crippen LogP contribution in [0.3, 0.4) is 0 Å². The molecule has 25 heavy (non-hydrogen) atoms. The Morgan fingerprint density at radius 2 is 1.88 bits per heavy atom. The molecule has 2 heterocycles. The van der Waals surface area contributed by atoms with Gasteiger partial charge in [-0.1, -0.05) is 30.3 Å². The highest BCUT2D eigenvalue weighted by Gasteiger charge is 2.21. The minimum absolute atomic E-state index is 0.0394. The van der Waals surface area contributed by atoms with Crippen molar-refractivity contribution in [3.05, 3.63) is 65.5 Å². The summed E-state index contributed by atoms with van der Waals surface area (Å²) in [4.78, 5) is 32.3. The van der Waals surface area contributed by atoms with Crippen molar-refractivity contribution in [3.63, 3.8) is 0 Å². The van der Waals surface area contributed by atoms with Crippen LogP contribution < -0.4 is 0 Å². The molecule has 1 aromatic heterocycles. The van der Waals surface area contributed by atoms with Crippen LogP contribution >= 0.6 is 0 Å². The molecule has 1 aliphatic rings. The van der Waals surface area contributed by atoms with Crippen LogP contribution in [0.2, 0.25) is 0 Å². The second-order valence-corrected chi connectivity index (χ2v) is 6.35. The topological polar surface area (TPSA) is 53.5 Å². The van der Waals surface area contributed by atoms with Crippen molar-refractivity contribution in [1.29, 1.82) is 0 Å². The van der Waals surface area contributed by atoms with Crippen LogP contribution in [0.25, 0.3) is 0 Å². The number of benzene rings is 1. The van der Waals surface area contributed by atoms with Crippen LogP contribution in [-0.2, 0) is 29.1 Å². The monoisotopic (exact) mass is 337 g/mol. The van der Waals surface area contributed by atoms with Crippen molar-refractivity contribution in [2.75, 3.05) is 13.1 Å². The smallest absolute Gasteiger partial charge is 0.224 e. The number of pyridine rings is 1. The molecular formula is C20H23N3O2. The van der Waals surface area contributed by atoms with Crippen molar-refractivity contribution in [2.24, 2.45) is 0 Å². The second-order valence-electron chi connectivity index (χ2n) is 6.35. The first-order valence-corrected chi connectivity index (χ1v) is 8.63. The number of aromatic nitrogens is 1. The normalized spacial score (nSPS) is 13.2. The first-order valence-electron chi connectivity index (χ1n) is 8.63. The molecule has 0 spiro atoms. The summed E-state index contributed by atoms with van der Waals surface area (Å²) in [6.45, 7) is 3.80. The van der Waals surface area contributed by atoms with Gasteiger partial charge in [0.1, 0.15) is 0 Å². The van der Waals surface area contributed by atoms with Gasteiger partial charge < -0.3 is 9.80 Å². The summed E-state index contributed by atoms with van der Waals surface area (Å²) in [5.41, 5.74) is 3.38. The SMILES string of the molecule is CC(=O)N(CCC(=O)N1CCc2ccccc2C1)Cc1ccccn1. The number of amides is 2. The molecule has 0 saturated heterocycles. The Balaban J connectivity index is 1.56. The standard InChI is InChI=1S/C20H23N3O2/c1-16(24)22(15-19-8-4-5-11-21-19)13-10-20(25)23-12-9-17-6-2-3-7-18(17)14-23/h2-8,11H,9-10,12-15H2,1H3. The minimum Gasteiger partial charge on any atom is -0.338 e. The maximum Gasteiger partial charge on any atom is 0.224 e. The lowest BCUT2D eigenvalue weighted by Gasteiger charge is -2.30. The van der Waals surface area contributed by atoms with Gasteiger partial charge in [0.15, 0.2) is 0 Å². The quantitative estimate of drug-likeness (QED) is 0.842. The largest absolute Gasteiger partial charge is 0.338 e. The van der Waals surface area contributed by atoms with Crippen LogP contribution in [-0.4, -0.2) is 39.7 Å². The highest BCUT2D eigenvalue weighted by atomic mass is 16.2. The third kappa shape index (κ3) is 4.44. The lowest BCUT2D eigenvalue weighted by Crippen LogP contribution is -2.38. The summed E-state index contributed by atoms with van der Waals surface area (Å²) in [6, 6.07) is 13.9. The third-order valence-electron chi connectivity index (χ3n) is 4.60. The summed E-state index contributed by atoms with van der Waals surface area (Å²) in [5, 5.41) is 0. The maximum absolute atomic E-state index is 12.6. The molecule has 0 N–H and O–H groups in total. The van der Waals surface area contributed by atoms with Gasteiger partial charge >= 0.3 is 0 Å². The zero-order valence-corrected chi connectivity index (χ0v) is 14.5. The molecule has 0 unspecified atom stereocenters. The zero-order valence-electron chi connectivity index (χ0n) is 14.5. The molecule has 2 amide bonds. The van der Waals surface area contributed by atoms with E-state index in [0.29, 0.717) is 26.1 Å². The van der Waals surface area contributed by atoms with Crippen LogP contribution in [0.15, 0.2) is 48.7 Å². The Bertz CT molecular complexity index is 746. The number of hydrogen-bond donors (Lipinski definition) is 0. The molecule has 0 radical (unpaired) electrons. The van der Waals surface area contributed by atoms with Crippen molar-refractivity contribution < 1.29 is 9.59 Å². The van der Waals surface area contributed by atoms with E-state index in [1.165, 1.54) is 18.1 Å². The molecule has 0 saturated carbocycles. The van der Waals surface area contributed by atoms with Gasteiger partial charge in [0, 0.05) is 39.2 Å². The maximum atomic E-state index is 12.6. The van der Waals surface area contributed by atoms with E-state index in [4.69, 9.17) is 0 Å². The number of fused-ring (bicyclic) bond motifs is 1. The average molecular weight is 337 g/mol. The summed E-state index contributed by atoms with van der Waals surface area (Å²) >= 11 is 0. The third-order valence-corrected chi connectivity index (χ3v) is 4.60. The van der Waals surface area contributed by atoms with E-state index in [1.807, 2.05) is 35.2 Å². The van der Waals surface area contributed by atoms with Gasteiger partial charge in [0.25, 0.3) is 0 Å². The van der Waals surface area contributed by atoms with Gasteiger partial charge in [-0.15, -0.1) is 0 Å². The molecule has 0 fully saturated rings. The van der Waals surface area contributed by atoms with E-state index in [2.05, 4.69) is 17.1 Å². The fraction of sp³-hybridized carbons (Fsp3) is 0.350. The van der Waals surface area contributed by atoms with E-state index >= 15 is 0 Å². The van der Waals surface area contributed by atoms with Crippen LogP contribution in [0.4, 0.5) is 0 Å². The number of carbonyl (C=O) groups is 2. The Hall–Kier alpha value is -2.69.